The highest BCUT2D eigenvalue weighted by molar-refractivity contribution is 5.97. The molecule has 0 spiro atoms. The molecule has 0 radical (unpaired) electrons. The predicted molar refractivity (Wildman–Crippen MR) is 80.3 cm³/mol. The van der Waals surface area contributed by atoms with Crippen LogP contribution in [0, 0.1) is 0 Å². The number of carbonyl (C=O) groups is 1. The van der Waals surface area contributed by atoms with E-state index in [2.05, 4.69) is 15.0 Å². The monoisotopic (exact) mass is 287 g/mol. The molecular formula is C15H17N3O3. The second-order valence-corrected chi connectivity index (χ2v) is 4.32. The van der Waals surface area contributed by atoms with E-state index in [1.165, 1.54) is 19.4 Å². The number of nitrogens with two attached hydrogens (primary N) is 1. The molecule has 0 amide bonds. The van der Waals surface area contributed by atoms with E-state index in [1.54, 1.807) is 7.11 Å². The molecule has 2 rings (SSSR count). The number of benzene rings is 1. The molecule has 3 N–H and O–H groups in total. The van der Waals surface area contributed by atoms with Crippen LogP contribution in [0.1, 0.15) is 15.9 Å². The lowest BCUT2D eigenvalue weighted by Gasteiger charge is -2.11. The highest BCUT2D eigenvalue weighted by Crippen LogP contribution is 2.22. The van der Waals surface area contributed by atoms with E-state index >= 15 is 0 Å². The third kappa shape index (κ3) is 3.42. The van der Waals surface area contributed by atoms with Gasteiger partial charge in [-0.15, -0.1) is 0 Å². The summed E-state index contributed by atoms with van der Waals surface area (Å²) in [6, 6.07) is 9.16. The fraction of sp³-hybridized carbons (Fsp3) is 0.200. The molecule has 0 fully saturated rings. The molecule has 0 unspecified atom stereocenters. The molecule has 0 saturated heterocycles. The van der Waals surface area contributed by atoms with E-state index < -0.39 is 5.97 Å². The second kappa shape index (κ2) is 6.60. The number of nitrogens with one attached hydrogen (secondary N) is 1. The topological polar surface area (TPSA) is 86.5 Å². The maximum Gasteiger partial charge on any atom is 0.340 e. The molecule has 1 aromatic carbocycles. The van der Waals surface area contributed by atoms with Crippen LogP contribution in [-0.4, -0.2) is 25.2 Å². The first-order valence-corrected chi connectivity index (χ1v) is 6.35. The van der Waals surface area contributed by atoms with Crippen LogP contribution >= 0.6 is 0 Å². The number of pyridine rings is 1. The SMILES string of the molecule is COC(=O)c1ccnc(NCc2cccc(OC)c2)c1N. The number of hydrogen-bond donors (Lipinski definition) is 2. The van der Waals surface area contributed by atoms with Gasteiger partial charge in [0.1, 0.15) is 11.6 Å². The lowest BCUT2D eigenvalue weighted by Crippen LogP contribution is -2.10. The number of anilines is 2. The standard InChI is InChI=1S/C15H17N3O3/c1-20-11-5-3-4-10(8-11)9-18-14-13(16)12(6-7-17-14)15(19)21-2/h3-8H,9,16H2,1-2H3,(H,17,18). The van der Waals surface area contributed by atoms with Crippen molar-refractivity contribution in [2.75, 3.05) is 25.3 Å². The average molecular weight is 287 g/mol. The summed E-state index contributed by atoms with van der Waals surface area (Å²) in [5, 5.41) is 3.10. The van der Waals surface area contributed by atoms with Crippen LogP contribution in [0.5, 0.6) is 5.75 Å². The summed E-state index contributed by atoms with van der Waals surface area (Å²) in [7, 11) is 2.93. The number of esters is 1. The fourth-order valence-corrected chi connectivity index (χ4v) is 1.87. The molecule has 0 aliphatic heterocycles. The Morgan fingerprint density at radius 3 is 2.86 bits per heavy atom. The molecular weight excluding hydrogens is 270 g/mol. The van der Waals surface area contributed by atoms with Gasteiger partial charge in [0.2, 0.25) is 0 Å². The number of aromatic nitrogens is 1. The van der Waals surface area contributed by atoms with Gasteiger partial charge in [-0.2, -0.15) is 0 Å². The number of methoxy groups -OCH3 is 2. The highest BCUT2D eigenvalue weighted by atomic mass is 16.5. The van der Waals surface area contributed by atoms with E-state index in [-0.39, 0.29) is 5.69 Å². The van der Waals surface area contributed by atoms with Gasteiger partial charge in [-0.3, -0.25) is 0 Å². The molecule has 2 aromatic rings. The van der Waals surface area contributed by atoms with E-state index in [0.717, 1.165) is 11.3 Å². The summed E-state index contributed by atoms with van der Waals surface area (Å²) < 4.78 is 9.84. The molecule has 0 aliphatic carbocycles. The lowest BCUT2D eigenvalue weighted by molar-refractivity contribution is 0.0602. The number of ether oxygens (including phenoxy) is 2. The van der Waals surface area contributed by atoms with Gasteiger partial charge in [-0.1, -0.05) is 12.1 Å². The molecule has 0 bridgehead atoms. The normalized spacial score (nSPS) is 10.0. The molecule has 21 heavy (non-hydrogen) atoms. The summed E-state index contributed by atoms with van der Waals surface area (Å²) in [5.41, 5.74) is 7.51. The van der Waals surface area contributed by atoms with Crippen LogP contribution in [-0.2, 0) is 11.3 Å². The quantitative estimate of drug-likeness (QED) is 0.819. The summed E-state index contributed by atoms with van der Waals surface area (Å²) in [4.78, 5) is 15.7. The van der Waals surface area contributed by atoms with Crippen molar-refractivity contribution in [3.8, 4) is 5.75 Å². The highest BCUT2D eigenvalue weighted by Gasteiger charge is 2.13. The van der Waals surface area contributed by atoms with Gasteiger partial charge in [0, 0.05) is 12.7 Å². The van der Waals surface area contributed by atoms with Gasteiger partial charge in [-0.25, -0.2) is 9.78 Å². The van der Waals surface area contributed by atoms with Crippen LogP contribution in [0.25, 0.3) is 0 Å². The van der Waals surface area contributed by atoms with E-state index in [9.17, 15) is 4.79 Å². The second-order valence-electron chi connectivity index (χ2n) is 4.32. The third-order valence-electron chi connectivity index (χ3n) is 2.99. The Morgan fingerprint density at radius 2 is 2.14 bits per heavy atom. The molecule has 6 heteroatoms. The number of hydrogen-bond acceptors (Lipinski definition) is 6. The van der Waals surface area contributed by atoms with Gasteiger partial charge in [0.25, 0.3) is 0 Å². The summed E-state index contributed by atoms with van der Waals surface area (Å²) in [6.45, 7) is 0.513. The predicted octanol–water partition coefficient (Wildman–Crippen LogP) is 2.07. The van der Waals surface area contributed by atoms with Gasteiger partial charge >= 0.3 is 5.97 Å². The summed E-state index contributed by atoms with van der Waals surface area (Å²) >= 11 is 0. The van der Waals surface area contributed by atoms with Crippen molar-refractivity contribution in [2.45, 2.75) is 6.54 Å². The minimum absolute atomic E-state index is 0.271. The molecule has 6 nitrogen and oxygen atoms in total. The Balaban J connectivity index is 2.14. The Hall–Kier alpha value is -2.76. The van der Waals surface area contributed by atoms with E-state index in [0.29, 0.717) is 17.9 Å². The number of nitrogens with zero attached hydrogens (tertiary/aromatic N) is 1. The van der Waals surface area contributed by atoms with Crippen LogP contribution < -0.4 is 15.8 Å². The Bertz CT molecular complexity index is 644. The lowest BCUT2D eigenvalue weighted by atomic mass is 10.2. The zero-order valence-electron chi connectivity index (χ0n) is 11.9. The minimum Gasteiger partial charge on any atom is -0.497 e. The van der Waals surface area contributed by atoms with Gasteiger partial charge in [-0.05, 0) is 23.8 Å². The zero-order chi connectivity index (χ0) is 15.2. The third-order valence-corrected chi connectivity index (χ3v) is 2.99. The molecule has 110 valence electrons. The summed E-state index contributed by atoms with van der Waals surface area (Å²) in [6.07, 6.45) is 1.51. The first-order chi connectivity index (χ1) is 10.2. The van der Waals surface area contributed by atoms with Crippen molar-refractivity contribution in [1.29, 1.82) is 0 Å². The van der Waals surface area contributed by atoms with Crippen molar-refractivity contribution in [1.82, 2.24) is 4.98 Å². The van der Waals surface area contributed by atoms with Gasteiger partial charge < -0.3 is 20.5 Å². The van der Waals surface area contributed by atoms with Crippen LogP contribution in [0.3, 0.4) is 0 Å². The smallest absolute Gasteiger partial charge is 0.340 e. The minimum atomic E-state index is -0.487. The fourth-order valence-electron chi connectivity index (χ4n) is 1.87. The maximum atomic E-state index is 11.6. The maximum absolute atomic E-state index is 11.6. The number of nitrogen functional groups attached to an aromatic ring is 1. The molecule has 1 heterocycles. The number of carbonyl (C=O) groups excluding carboxylic acids is 1. The van der Waals surface area contributed by atoms with E-state index in [1.807, 2.05) is 24.3 Å². The van der Waals surface area contributed by atoms with Crippen LogP contribution in [0.15, 0.2) is 36.5 Å². The van der Waals surface area contributed by atoms with Crippen LogP contribution in [0.4, 0.5) is 11.5 Å². The molecule has 0 saturated carbocycles. The molecule has 0 atom stereocenters. The van der Waals surface area contributed by atoms with Crippen molar-refractivity contribution >= 4 is 17.5 Å². The van der Waals surface area contributed by atoms with Gasteiger partial charge in [0.05, 0.1) is 25.5 Å². The van der Waals surface area contributed by atoms with E-state index in [4.69, 9.17) is 10.5 Å². The van der Waals surface area contributed by atoms with Crippen LogP contribution in [0.2, 0.25) is 0 Å². The van der Waals surface area contributed by atoms with Gasteiger partial charge in [0.15, 0.2) is 0 Å². The van der Waals surface area contributed by atoms with Crippen molar-refractivity contribution < 1.29 is 14.3 Å². The first kappa shape index (κ1) is 14.6. The first-order valence-electron chi connectivity index (χ1n) is 6.35. The van der Waals surface area contributed by atoms with Crippen molar-refractivity contribution in [3.63, 3.8) is 0 Å². The Morgan fingerprint density at radius 1 is 1.33 bits per heavy atom. The zero-order valence-corrected chi connectivity index (χ0v) is 11.9. The Kier molecular flexibility index (Phi) is 4.61. The van der Waals surface area contributed by atoms with Crippen molar-refractivity contribution in [3.05, 3.63) is 47.7 Å². The average Bonchev–Trinajstić information content (AvgIpc) is 2.53. The molecule has 0 aliphatic rings. The molecule has 1 aromatic heterocycles. The largest absolute Gasteiger partial charge is 0.497 e. The number of rotatable bonds is 5. The Labute approximate surface area is 122 Å². The summed E-state index contributed by atoms with van der Waals surface area (Å²) in [5.74, 6) is 0.735. The van der Waals surface area contributed by atoms with Crippen molar-refractivity contribution in [2.24, 2.45) is 0 Å².